The minimum Gasteiger partial charge on any atom is -0.349 e. The zero-order valence-corrected chi connectivity index (χ0v) is 11.7. The van der Waals surface area contributed by atoms with Crippen LogP contribution >= 0.6 is 12.4 Å². The molecule has 0 aromatic heterocycles. The highest BCUT2D eigenvalue weighted by Gasteiger charge is 2.34. The van der Waals surface area contributed by atoms with Crippen molar-refractivity contribution in [2.45, 2.75) is 43.8 Å². The molecule has 110 valence electrons. The van der Waals surface area contributed by atoms with Gasteiger partial charge in [-0.2, -0.15) is 0 Å². The average Bonchev–Trinajstić information content (AvgIpc) is 2.68. The molecule has 2 bridgehead atoms. The molecule has 2 N–H and O–H groups in total. The Morgan fingerprint density at radius 3 is 2.45 bits per heavy atom. The van der Waals surface area contributed by atoms with Gasteiger partial charge in [-0.05, 0) is 37.8 Å². The van der Waals surface area contributed by atoms with Crippen LogP contribution in [0.2, 0.25) is 0 Å². The Morgan fingerprint density at radius 2 is 1.85 bits per heavy atom. The van der Waals surface area contributed by atoms with Crippen molar-refractivity contribution in [2.75, 3.05) is 0 Å². The molecule has 1 aromatic rings. The summed E-state index contributed by atoms with van der Waals surface area (Å²) in [6, 6.07) is 4.03. The number of carbonyl (C=O) groups excluding carboxylic acids is 1. The molecule has 2 atom stereocenters. The van der Waals surface area contributed by atoms with E-state index in [0.717, 1.165) is 37.8 Å². The zero-order chi connectivity index (χ0) is 13.4. The Kier molecular flexibility index (Phi) is 4.60. The highest BCUT2D eigenvalue weighted by Crippen LogP contribution is 2.27. The predicted octanol–water partition coefficient (Wildman–Crippen LogP) is 2.40. The Bertz CT molecular complexity index is 500. The van der Waals surface area contributed by atoms with Crippen molar-refractivity contribution in [3.63, 3.8) is 0 Å². The van der Waals surface area contributed by atoms with Gasteiger partial charge in [-0.3, -0.25) is 4.79 Å². The van der Waals surface area contributed by atoms with Gasteiger partial charge in [0.05, 0.1) is 5.56 Å². The Hall–Kier alpha value is -1.20. The quantitative estimate of drug-likeness (QED) is 0.881. The van der Waals surface area contributed by atoms with Crippen molar-refractivity contribution >= 4 is 18.3 Å². The van der Waals surface area contributed by atoms with E-state index in [9.17, 15) is 13.6 Å². The Morgan fingerprint density at radius 1 is 1.20 bits per heavy atom. The van der Waals surface area contributed by atoms with Crippen LogP contribution in [-0.2, 0) is 0 Å². The van der Waals surface area contributed by atoms with Crippen molar-refractivity contribution in [3.05, 3.63) is 35.4 Å². The lowest BCUT2D eigenvalue weighted by atomic mass is 9.99. The lowest BCUT2D eigenvalue weighted by molar-refractivity contribution is 0.0920. The van der Waals surface area contributed by atoms with Crippen LogP contribution in [0.15, 0.2) is 18.2 Å². The van der Waals surface area contributed by atoms with Crippen molar-refractivity contribution in [1.29, 1.82) is 0 Å². The third-order valence-corrected chi connectivity index (χ3v) is 3.98. The molecule has 2 saturated heterocycles. The van der Waals surface area contributed by atoms with Gasteiger partial charge in [0.25, 0.3) is 5.91 Å². The molecule has 0 aliphatic carbocycles. The fraction of sp³-hybridized carbons (Fsp3) is 0.500. The molecule has 1 amide bonds. The number of nitrogens with one attached hydrogen (secondary N) is 2. The summed E-state index contributed by atoms with van der Waals surface area (Å²) in [6.07, 6.45) is 4.04. The van der Waals surface area contributed by atoms with Gasteiger partial charge in [0.1, 0.15) is 11.6 Å². The number of hydrogen-bond donors (Lipinski definition) is 2. The van der Waals surface area contributed by atoms with Gasteiger partial charge in [0, 0.05) is 24.2 Å². The SMILES string of the molecule is Cl.O=C(NC1CC2CCC(C1)N2)c1ccc(F)cc1F. The molecule has 2 aliphatic rings. The van der Waals surface area contributed by atoms with Crippen molar-refractivity contribution < 1.29 is 13.6 Å². The maximum Gasteiger partial charge on any atom is 0.254 e. The average molecular weight is 303 g/mol. The van der Waals surface area contributed by atoms with Gasteiger partial charge in [0.15, 0.2) is 0 Å². The standard InChI is InChI=1S/C14H16F2N2O.ClH/c15-8-1-4-12(13(16)5-8)14(19)18-11-6-9-2-3-10(7-11)17-9;/h1,4-5,9-11,17H,2-3,6-7H2,(H,18,19);1H. The van der Waals surface area contributed by atoms with E-state index in [0.29, 0.717) is 12.1 Å². The van der Waals surface area contributed by atoms with Crippen LogP contribution in [0, 0.1) is 11.6 Å². The summed E-state index contributed by atoms with van der Waals surface area (Å²) in [7, 11) is 0. The number of amides is 1. The smallest absolute Gasteiger partial charge is 0.254 e. The maximum absolute atomic E-state index is 13.5. The van der Waals surface area contributed by atoms with Crippen LogP contribution in [0.3, 0.4) is 0 Å². The van der Waals surface area contributed by atoms with E-state index in [-0.39, 0.29) is 24.0 Å². The summed E-state index contributed by atoms with van der Waals surface area (Å²) in [5.41, 5.74) is -0.0905. The van der Waals surface area contributed by atoms with Crippen LogP contribution in [0.25, 0.3) is 0 Å². The molecule has 3 nitrogen and oxygen atoms in total. The second kappa shape index (κ2) is 6.06. The second-order valence-corrected chi connectivity index (χ2v) is 5.40. The van der Waals surface area contributed by atoms with Gasteiger partial charge in [-0.15, -0.1) is 12.4 Å². The second-order valence-electron chi connectivity index (χ2n) is 5.40. The molecule has 20 heavy (non-hydrogen) atoms. The van der Waals surface area contributed by atoms with Crippen LogP contribution in [0.5, 0.6) is 0 Å². The number of halogens is 3. The summed E-state index contributed by atoms with van der Waals surface area (Å²) < 4.78 is 26.3. The van der Waals surface area contributed by atoms with Gasteiger partial charge in [-0.25, -0.2) is 8.78 Å². The summed E-state index contributed by atoms with van der Waals surface area (Å²) in [4.78, 5) is 12.0. The van der Waals surface area contributed by atoms with Crippen LogP contribution in [-0.4, -0.2) is 24.0 Å². The molecule has 2 unspecified atom stereocenters. The molecule has 2 fully saturated rings. The van der Waals surface area contributed by atoms with E-state index in [1.807, 2.05) is 0 Å². The lowest BCUT2D eigenvalue weighted by Crippen LogP contribution is -2.48. The monoisotopic (exact) mass is 302 g/mol. The summed E-state index contributed by atoms with van der Waals surface area (Å²) in [5.74, 6) is -1.94. The lowest BCUT2D eigenvalue weighted by Gasteiger charge is -2.29. The summed E-state index contributed by atoms with van der Waals surface area (Å²) in [5, 5.41) is 6.33. The molecule has 6 heteroatoms. The molecule has 0 saturated carbocycles. The van der Waals surface area contributed by atoms with Crippen LogP contribution < -0.4 is 10.6 Å². The highest BCUT2D eigenvalue weighted by atomic mass is 35.5. The zero-order valence-electron chi connectivity index (χ0n) is 10.9. The van der Waals surface area contributed by atoms with E-state index < -0.39 is 17.5 Å². The normalized spacial score (nSPS) is 27.8. The van der Waals surface area contributed by atoms with Crippen molar-refractivity contribution in [1.82, 2.24) is 10.6 Å². The minimum atomic E-state index is -0.811. The first-order valence-corrected chi connectivity index (χ1v) is 6.64. The first-order valence-electron chi connectivity index (χ1n) is 6.64. The van der Waals surface area contributed by atoms with Crippen LogP contribution in [0.1, 0.15) is 36.0 Å². The topological polar surface area (TPSA) is 41.1 Å². The summed E-state index contributed by atoms with van der Waals surface area (Å²) >= 11 is 0. The molecular formula is C14H17ClF2N2O. The number of carbonyl (C=O) groups is 1. The van der Waals surface area contributed by atoms with Crippen molar-refractivity contribution in [2.24, 2.45) is 0 Å². The third kappa shape index (κ3) is 3.10. The van der Waals surface area contributed by atoms with Crippen molar-refractivity contribution in [3.8, 4) is 0 Å². The highest BCUT2D eigenvalue weighted by molar-refractivity contribution is 5.94. The molecule has 2 heterocycles. The first kappa shape index (κ1) is 15.2. The number of fused-ring (bicyclic) bond motifs is 2. The predicted molar refractivity (Wildman–Crippen MR) is 74.0 cm³/mol. The maximum atomic E-state index is 13.5. The van der Waals surface area contributed by atoms with E-state index >= 15 is 0 Å². The fourth-order valence-electron chi connectivity index (χ4n) is 3.11. The first-order chi connectivity index (χ1) is 9.11. The number of piperidine rings is 1. The van der Waals surface area contributed by atoms with E-state index in [1.54, 1.807) is 0 Å². The Labute approximate surface area is 122 Å². The van der Waals surface area contributed by atoms with Gasteiger partial charge >= 0.3 is 0 Å². The number of rotatable bonds is 2. The molecule has 0 spiro atoms. The largest absolute Gasteiger partial charge is 0.349 e. The van der Waals surface area contributed by atoms with Crippen LogP contribution in [0.4, 0.5) is 8.78 Å². The van der Waals surface area contributed by atoms with E-state index in [4.69, 9.17) is 0 Å². The number of hydrogen-bond acceptors (Lipinski definition) is 2. The molecule has 0 radical (unpaired) electrons. The third-order valence-electron chi connectivity index (χ3n) is 3.98. The Balaban J connectivity index is 0.00000147. The van der Waals surface area contributed by atoms with E-state index in [1.165, 1.54) is 6.07 Å². The van der Waals surface area contributed by atoms with E-state index in [2.05, 4.69) is 10.6 Å². The summed E-state index contributed by atoms with van der Waals surface area (Å²) in [6.45, 7) is 0. The molecule has 1 aromatic carbocycles. The van der Waals surface area contributed by atoms with Gasteiger partial charge < -0.3 is 10.6 Å². The molecular weight excluding hydrogens is 286 g/mol. The van der Waals surface area contributed by atoms with Gasteiger partial charge in [-0.1, -0.05) is 0 Å². The fourth-order valence-corrected chi connectivity index (χ4v) is 3.11. The number of benzene rings is 1. The molecule has 2 aliphatic heterocycles. The molecule has 3 rings (SSSR count). The minimum absolute atomic E-state index is 0. The van der Waals surface area contributed by atoms with Gasteiger partial charge in [0.2, 0.25) is 0 Å².